The Balaban J connectivity index is 2.19. The molecular weight excluding hydrogens is 340 g/mol. The van der Waals surface area contributed by atoms with Gasteiger partial charge in [-0.3, -0.25) is 9.69 Å². The Morgan fingerprint density at radius 2 is 1.84 bits per heavy atom. The smallest absolute Gasteiger partial charge is 0.339 e. The second-order valence-electron chi connectivity index (χ2n) is 6.20. The summed E-state index contributed by atoms with van der Waals surface area (Å²) >= 11 is 5.90. The maximum atomic E-state index is 12.9. The van der Waals surface area contributed by atoms with Crippen molar-refractivity contribution >= 4 is 23.4 Å². The number of carbonyl (C=O) groups is 2. The van der Waals surface area contributed by atoms with E-state index in [2.05, 4.69) is 4.98 Å². The lowest BCUT2D eigenvalue weighted by Gasteiger charge is -2.23. The first-order chi connectivity index (χ1) is 11.8. The second kappa shape index (κ2) is 7.85. The molecule has 0 amide bonds. The summed E-state index contributed by atoms with van der Waals surface area (Å²) < 4.78 is 4.80. The number of esters is 1. The number of ketones is 1. The van der Waals surface area contributed by atoms with Gasteiger partial charge in [-0.2, -0.15) is 0 Å². The number of nitrogens with one attached hydrogen (secondary N) is 1. The van der Waals surface area contributed by atoms with Crippen molar-refractivity contribution in [2.45, 2.75) is 33.4 Å². The number of carbonyl (C=O) groups excluding carboxylic acids is 2. The summed E-state index contributed by atoms with van der Waals surface area (Å²) in [5.41, 5.74) is 3.22. The Morgan fingerprint density at radius 3 is 2.40 bits per heavy atom. The largest absolute Gasteiger partial charge is 0.465 e. The molecule has 0 saturated carbocycles. The number of aromatic amines is 1. The van der Waals surface area contributed by atoms with Gasteiger partial charge < -0.3 is 9.72 Å². The number of ether oxygens (including phenoxy) is 1. The molecule has 134 valence electrons. The number of likely N-dealkylation sites (N-methyl/N-ethyl adjacent to an activating group) is 1. The summed E-state index contributed by atoms with van der Waals surface area (Å²) in [5, 5.41) is 0.684. The van der Waals surface area contributed by atoms with Crippen LogP contribution in [0.15, 0.2) is 24.3 Å². The molecule has 0 radical (unpaired) electrons. The van der Waals surface area contributed by atoms with Gasteiger partial charge in [0.25, 0.3) is 0 Å². The first kappa shape index (κ1) is 19.2. The molecule has 0 aliphatic rings. The number of rotatable bonds is 6. The van der Waals surface area contributed by atoms with Gasteiger partial charge in [0.05, 0.1) is 24.4 Å². The van der Waals surface area contributed by atoms with Crippen molar-refractivity contribution < 1.29 is 14.3 Å². The summed E-state index contributed by atoms with van der Waals surface area (Å²) in [7, 11) is 3.22. The molecule has 0 spiro atoms. The van der Waals surface area contributed by atoms with E-state index in [9.17, 15) is 9.59 Å². The van der Waals surface area contributed by atoms with Gasteiger partial charge >= 0.3 is 5.97 Å². The van der Waals surface area contributed by atoms with E-state index in [0.717, 1.165) is 5.56 Å². The third-order valence-electron chi connectivity index (χ3n) is 4.46. The molecule has 0 unspecified atom stereocenters. The van der Waals surface area contributed by atoms with Crippen LogP contribution >= 0.6 is 11.6 Å². The number of nitrogens with zero attached hydrogens (tertiary/aromatic N) is 1. The molecule has 0 bridgehead atoms. The number of methoxy groups -OCH3 is 1. The van der Waals surface area contributed by atoms with Crippen LogP contribution in [0.3, 0.4) is 0 Å². The Bertz CT molecular complexity index is 781. The van der Waals surface area contributed by atoms with Crippen molar-refractivity contribution in [3.05, 3.63) is 57.4 Å². The van der Waals surface area contributed by atoms with Gasteiger partial charge in [-0.25, -0.2) is 4.79 Å². The van der Waals surface area contributed by atoms with E-state index >= 15 is 0 Å². The first-order valence-corrected chi connectivity index (χ1v) is 8.40. The number of aryl methyl sites for hydroxylation is 1. The van der Waals surface area contributed by atoms with Gasteiger partial charge in [0.15, 0.2) is 5.78 Å². The maximum Gasteiger partial charge on any atom is 0.339 e. The van der Waals surface area contributed by atoms with Crippen molar-refractivity contribution in [3.8, 4) is 0 Å². The fourth-order valence-electron chi connectivity index (χ4n) is 2.83. The van der Waals surface area contributed by atoms with Crippen LogP contribution in [0.2, 0.25) is 5.02 Å². The van der Waals surface area contributed by atoms with Crippen molar-refractivity contribution in [1.29, 1.82) is 0 Å². The molecular formula is C19H23ClN2O3. The first-order valence-electron chi connectivity index (χ1n) is 8.02. The molecule has 5 nitrogen and oxygen atoms in total. The third-order valence-corrected chi connectivity index (χ3v) is 4.71. The summed E-state index contributed by atoms with van der Waals surface area (Å²) in [6.07, 6.45) is 0. The number of hydrogen-bond donors (Lipinski definition) is 1. The van der Waals surface area contributed by atoms with E-state index < -0.39 is 5.97 Å². The zero-order valence-corrected chi connectivity index (χ0v) is 15.9. The number of benzene rings is 1. The molecule has 1 aromatic carbocycles. The molecule has 1 atom stereocenters. The average molecular weight is 363 g/mol. The van der Waals surface area contributed by atoms with Gasteiger partial charge in [-0.05, 0) is 51.1 Å². The molecule has 0 aliphatic heterocycles. The van der Waals surface area contributed by atoms with Crippen LogP contribution in [0.1, 0.15) is 44.6 Å². The summed E-state index contributed by atoms with van der Waals surface area (Å²) in [6, 6.07) is 7.19. The molecule has 2 aromatic rings. The standard InChI is InChI=1S/C19H23ClN2O3/c1-11-16(19(24)25-5)12(2)21-17(11)18(23)13(3)22(4)10-14-6-8-15(20)9-7-14/h6-9,13,21H,10H2,1-5H3/t13-/m1/s1. The van der Waals surface area contributed by atoms with Crippen molar-refractivity contribution in [2.24, 2.45) is 0 Å². The lowest BCUT2D eigenvalue weighted by molar-refractivity contribution is 0.0599. The predicted octanol–water partition coefficient (Wildman–Crippen LogP) is 3.77. The number of aromatic nitrogens is 1. The fourth-order valence-corrected chi connectivity index (χ4v) is 2.95. The van der Waals surface area contributed by atoms with Crippen LogP contribution in [0.4, 0.5) is 0 Å². The summed E-state index contributed by atoms with van der Waals surface area (Å²) in [4.78, 5) is 29.8. The highest BCUT2D eigenvalue weighted by atomic mass is 35.5. The SMILES string of the molecule is COC(=O)c1c(C)[nH]c(C(=O)[C@@H](C)N(C)Cc2ccc(Cl)cc2)c1C. The van der Waals surface area contributed by atoms with Crippen molar-refractivity contribution in [3.63, 3.8) is 0 Å². The van der Waals surface area contributed by atoms with Crippen LogP contribution in [-0.4, -0.2) is 41.8 Å². The minimum atomic E-state index is -0.438. The van der Waals surface area contributed by atoms with E-state index in [4.69, 9.17) is 16.3 Å². The number of H-pyrrole nitrogens is 1. The van der Waals surface area contributed by atoms with E-state index in [0.29, 0.717) is 34.1 Å². The normalized spacial score (nSPS) is 12.3. The number of halogens is 1. The summed E-state index contributed by atoms with van der Waals surface area (Å²) in [5.74, 6) is -0.500. The lowest BCUT2D eigenvalue weighted by atomic mass is 10.0. The van der Waals surface area contributed by atoms with Crippen LogP contribution in [0.25, 0.3) is 0 Å². The fraction of sp³-hybridized carbons (Fsp3) is 0.368. The third kappa shape index (κ3) is 4.11. The highest BCUT2D eigenvalue weighted by Gasteiger charge is 2.27. The molecule has 6 heteroatoms. The molecule has 0 fully saturated rings. The van der Waals surface area contributed by atoms with E-state index in [1.807, 2.05) is 43.1 Å². The van der Waals surface area contributed by atoms with E-state index in [1.165, 1.54) is 7.11 Å². The van der Waals surface area contributed by atoms with Gasteiger partial charge in [-0.1, -0.05) is 23.7 Å². The van der Waals surface area contributed by atoms with Crippen LogP contribution < -0.4 is 0 Å². The number of hydrogen-bond acceptors (Lipinski definition) is 4. The van der Waals surface area contributed by atoms with Crippen molar-refractivity contribution in [2.75, 3.05) is 14.2 Å². The Morgan fingerprint density at radius 1 is 1.24 bits per heavy atom. The highest BCUT2D eigenvalue weighted by Crippen LogP contribution is 2.21. The molecule has 1 aromatic heterocycles. The molecule has 0 saturated heterocycles. The van der Waals surface area contributed by atoms with Gasteiger partial charge in [0.1, 0.15) is 0 Å². The minimum absolute atomic E-state index is 0.0628. The van der Waals surface area contributed by atoms with Crippen LogP contribution in [-0.2, 0) is 11.3 Å². The Hall–Kier alpha value is -2.11. The topological polar surface area (TPSA) is 62.4 Å². The van der Waals surface area contributed by atoms with Gasteiger partial charge in [0, 0.05) is 17.3 Å². The van der Waals surface area contributed by atoms with Crippen LogP contribution in [0, 0.1) is 13.8 Å². The van der Waals surface area contributed by atoms with E-state index in [-0.39, 0.29) is 11.8 Å². The second-order valence-corrected chi connectivity index (χ2v) is 6.63. The van der Waals surface area contributed by atoms with E-state index in [1.54, 1.807) is 13.8 Å². The van der Waals surface area contributed by atoms with Gasteiger partial charge in [0.2, 0.25) is 0 Å². The van der Waals surface area contributed by atoms with Gasteiger partial charge in [-0.15, -0.1) is 0 Å². The quantitative estimate of drug-likeness (QED) is 0.627. The monoisotopic (exact) mass is 362 g/mol. The predicted molar refractivity (Wildman–Crippen MR) is 98.3 cm³/mol. The molecule has 2 rings (SSSR count). The molecule has 25 heavy (non-hydrogen) atoms. The zero-order valence-electron chi connectivity index (χ0n) is 15.1. The molecule has 1 heterocycles. The molecule has 1 N–H and O–H groups in total. The lowest BCUT2D eigenvalue weighted by Crippen LogP contribution is -2.36. The number of Topliss-reactive ketones (excluding diaryl/α,β-unsaturated/α-hetero) is 1. The molecule has 0 aliphatic carbocycles. The summed E-state index contributed by atoms with van der Waals surface area (Å²) in [6.45, 7) is 5.99. The minimum Gasteiger partial charge on any atom is -0.465 e. The Labute approximate surface area is 152 Å². The average Bonchev–Trinajstić information content (AvgIpc) is 2.89. The zero-order chi connectivity index (χ0) is 18.7. The van der Waals surface area contributed by atoms with Crippen molar-refractivity contribution in [1.82, 2.24) is 9.88 Å². The maximum absolute atomic E-state index is 12.9. The van der Waals surface area contributed by atoms with Crippen LogP contribution in [0.5, 0.6) is 0 Å². The highest BCUT2D eigenvalue weighted by molar-refractivity contribution is 6.30. The Kier molecular flexibility index (Phi) is 6.03.